The van der Waals surface area contributed by atoms with E-state index in [4.69, 9.17) is 0 Å². The zero-order valence-corrected chi connectivity index (χ0v) is 20.4. The fraction of sp³-hybridized carbons (Fsp3) is 0.552. The predicted octanol–water partition coefficient (Wildman–Crippen LogP) is 5.88. The summed E-state index contributed by atoms with van der Waals surface area (Å²) in [4.78, 5) is 20.7. The highest BCUT2D eigenvalue weighted by molar-refractivity contribution is 5.78. The Labute approximate surface area is 199 Å². The molecule has 3 fully saturated rings. The molecule has 2 aromatic carbocycles. The van der Waals surface area contributed by atoms with Crippen molar-refractivity contribution in [3.63, 3.8) is 0 Å². The molecule has 1 spiro atoms. The van der Waals surface area contributed by atoms with Gasteiger partial charge in [-0.15, -0.1) is 0 Å². The summed E-state index contributed by atoms with van der Waals surface area (Å²) >= 11 is 0. The summed E-state index contributed by atoms with van der Waals surface area (Å²) in [6.45, 7) is 5.84. The predicted molar refractivity (Wildman–Crippen MR) is 134 cm³/mol. The van der Waals surface area contributed by atoms with Gasteiger partial charge in [-0.2, -0.15) is 0 Å². The van der Waals surface area contributed by atoms with Crippen molar-refractivity contribution < 1.29 is 4.79 Å². The second-order valence-electron chi connectivity index (χ2n) is 10.7. The highest BCUT2D eigenvalue weighted by Crippen LogP contribution is 2.50. The van der Waals surface area contributed by atoms with Gasteiger partial charge in [0.15, 0.2) is 0 Å². The summed E-state index contributed by atoms with van der Waals surface area (Å²) in [7, 11) is 2.28. The topological polar surface area (TPSA) is 26.8 Å². The maximum absolute atomic E-state index is 13.7. The second-order valence-corrected chi connectivity index (χ2v) is 10.7. The summed E-state index contributed by atoms with van der Waals surface area (Å²) < 4.78 is 0. The monoisotopic (exact) mass is 445 g/mol. The minimum Gasteiger partial charge on any atom is -0.318 e. The molecule has 1 heterocycles. The third-order valence-corrected chi connectivity index (χ3v) is 8.97. The van der Waals surface area contributed by atoms with Gasteiger partial charge in [-0.1, -0.05) is 74.0 Å². The van der Waals surface area contributed by atoms with Gasteiger partial charge in [0.05, 0.1) is 5.54 Å². The quantitative estimate of drug-likeness (QED) is 0.532. The third kappa shape index (κ3) is 4.07. The van der Waals surface area contributed by atoms with Crippen molar-refractivity contribution in [3.05, 3.63) is 71.8 Å². The lowest BCUT2D eigenvalue weighted by Crippen LogP contribution is -2.57. The number of hydrogen-bond acceptors (Lipinski definition) is 2. The van der Waals surface area contributed by atoms with Crippen LogP contribution in [0, 0.1) is 5.92 Å². The lowest BCUT2D eigenvalue weighted by molar-refractivity contribution is 0.00699. The Hall–Kier alpha value is -2.33. The van der Waals surface area contributed by atoms with Gasteiger partial charge < -0.3 is 9.80 Å². The lowest BCUT2D eigenvalue weighted by atomic mass is 9.68. The molecule has 0 unspecified atom stereocenters. The molecule has 0 N–H and O–H groups in total. The van der Waals surface area contributed by atoms with Gasteiger partial charge >= 0.3 is 6.03 Å². The number of carbonyl (C=O) groups is 1. The summed E-state index contributed by atoms with van der Waals surface area (Å²) in [6.07, 6.45) is 8.26. The van der Waals surface area contributed by atoms with Gasteiger partial charge in [0.2, 0.25) is 0 Å². The number of urea groups is 1. The summed E-state index contributed by atoms with van der Waals surface area (Å²) in [6, 6.07) is 21.8. The van der Waals surface area contributed by atoms with E-state index in [0.29, 0.717) is 5.92 Å². The Morgan fingerprint density at radius 3 is 2.15 bits per heavy atom. The van der Waals surface area contributed by atoms with E-state index in [-0.39, 0.29) is 17.1 Å². The normalized spacial score (nSPS) is 28.0. The van der Waals surface area contributed by atoms with E-state index < -0.39 is 0 Å². The zero-order chi connectivity index (χ0) is 22.9. The van der Waals surface area contributed by atoms with Crippen LogP contribution in [0.2, 0.25) is 0 Å². The fourth-order valence-corrected chi connectivity index (χ4v) is 6.51. The van der Waals surface area contributed by atoms with Crippen molar-refractivity contribution in [2.24, 2.45) is 5.92 Å². The van der Waals surface area contributed by atoms with Gasteiger partial charge in [0.1, 0.15) is 0 Å². The SMILES string of the molecule is CCN(C)C1(c2ccccc2)CCC2(CC1)CN(Cc1ccccc1)C(=O)N2CC1CCC1. The van der Waals surface area contributed by atoms with Crippen molar-refractivity contribution in [1.82, 2.24) is 14.7 Å². The van der Waals surface area contributed by atoms with E-state index in [1.807, 2.05) is 6.07 Å². The Balaban J connectivity index is 1.41. The molecular weight excluding hydrogens is 406 g/mol. The molecule has 2 aromatic rings. The van der Waals surface area contributed by atoms with E-state index in [9.17, 15) is 4.79 Å². The van der Waals surface area contributed by atoms with Crippen LogP contribution in [-0.4, -0.2) is 53.0 Å². The first-order valence-electron chi connectivity index (χ1n) is 12.9. The van der Waals surface area contributed by atoms with Crippen LogP contribution in [0.5, 0.6) is 0 Å². The molecule has 5 rings (SSSR count). The van der Waals surface area contributed by atoms with E-state index in [1.54, 1.807) is 0 Å². The van der Waals surface area contributed by atoms with Gasteiger partial charge in [-0.25, -0.2) is 4.79 Å². The minimum atomic E-state index is -0.0195. The Kier molecular flexibility index (Phi) is 6.22. The van der Waals surface area contributed by atoms with Crippen LogP contribution < -0.4 is 0 Å². The molecule has 176 valence electrons. The maximum Gasteiger partial charge on any atom is 0.320 e. The molecule has 3 aliphatic rings. The van der Waals surface area contributed by atoms with Gasteiger partial charge in [0, 0.05) is 25.2 Å². The Bertz CT molecular complexity index is 932. The first-order valence-corrected chi connectivity index (χ1v) is 12.9. The number of carbonyl (C=O) groups excluding carboxylic acids is 1. The van der Waals surface area contributed by atoms with E-state index >= 15 is 0 Å². The molecule has 1 saturated heterocycles. The Morgan fingerprint density at radius 2 is 1.58 bits per heavy atom. The molecule has 2 saturated carbocycles. The highest BCUT2D eigenvalue weighted by Gasteiger charge is 2.55. The number of benzene rings is 2. The molecule has 1 aliphatic heterocycles. The Morgan fingerprint density at radius 1 is 0.939 bits per heavy atom. The number of rotatable bonds is 7. The van der Waals surface area contributed by atoms with Crippen molar-refractivity contribution in [1.29, 1.82) is 0 Å². The second kappa shape index (κ2) is 9.13. The zero-order valence-electron chi connectivity index (χ0n) is 20.4. The summed E-state index contributed by atoms with van der Waals surface area (Å²) in [5.74, 6) is 0.696. The van der Waals surface area contributed by atoms with Crippen molar-refractivity contribution in [3.8, 4) is 0 Å². The van der Waals surface area contributed by atoms with Crippen LogP contribution in [0.15, 0.2) is 60.7 Å². The van der Waals surface area contributed by atoms with Crippen LogP contribution in [0.4, 0.5) is 4.79 Å². The number of hydrogen-bond donors (Lipinski definition) is 0. The minimum absolute atomic E-state index is 0.0195. The maximum atomic E-state index is 13.7. The average molecular weight is 446 g/mol. The average Bonchev–Trinajstić information content (AvgIpc) is 3.07. The number of amides is 2. The molecule has 0 radical (unpaired) electrons. The van der Waals surface area contributed by atoms with Gasteiger partial charge in [-0.05, 0) is 69.2 Å². The first-order chi connectivity index (χ1) is 16.1. The largest absolute Gasteiger partial charge is 0.320 e. The van der Waals surface area contributed by atoms with Gasteiger partial charge in [0.25, 0.3) is 0 Å². The highest BCUT2D eigenvalue weighted by atomic mass is 16.2. The van der Waals surface area contributed by atoms with Crippen LogP contribution in [-0.2, 0) is 12.1 Å². The van der Waals surface area contributed by atoms with Crippen LogP contribution in [0.25, 0.3) is 0 Å². The van der Waals surface area contributed by atoms with E-state index in [2.05, 4.69) is 83.3 Å². The molecule has 0 atom stereocenters. The standard InChI is InChI=1S/C29H39N3O/c1-3-30(2)29(26-15-8-5-9-16-26)19-17-28(18-20-29)23-31(21-24-11-6-4-7-12-24)27(33)32(28)22-25-13-10-14-25/h4-9,11-12,15-16,25H,3,10,13-14,17-23H2,1-2H3. The molecule has 4 heteroatoms. The lowest BCUT2D eigenvalue weighted by Gasteiger charge is -2.52. The smallest absolute Gasteiger partial charge is 0.318 e. The van der Waals surface area contributed by atoms with Crippen molar-refractivity contribution >= 4 is 6.03 Å². The molecule has 4 nitrogen and oxygen atoms in total. The molecule has 0 aromatic heterocycles. The molecule has 2 aliphatic carbocycles. The molecule has 2 amide bonds. The van der Waals surface area contributed by atoms with Crippen LogP contribution in [0.3, 0.4) is 0 Å². The first kappa shape index (κ1) is 22.5. The van der Waals surface area contributed by atoms with Crippen molar-refractivity contribution in [2.45, 2.75) is 69.5 Å². The molecular formula is C29H39N3O. The fourth-order valence-electron chi connectivity index (χ4n) is 6.51. The van der Waals surface area contributed by atoms with Crippen molar-refractivity contribution in [2.75, 3.05) is 26.7 Å². The van der Waals surface area contributed by atoms with Gasteiger partial charge in [-0.3, -0.25) is 4.90 Å². The summed E-state index contributed by atoms with van der Waals surface area (Å²) in [5, 5.41) is 0. The summed E-state index contributed by atoms with van der Waals surface area (Å²) in [5.41, 5.74) is 2.71. The van der Waals surface area contributed by atoms with E-state index in [1.165, 1.54) is 30.4 Å². The number of nitrogens with zero attached hydrogens (tertiary/aromatic N) is 3. The molecule has 33 heavy (non-hydrogen) atoms. The van der Waals surface area contributed by atoms with Crippen LogP contribution in [0.1, 0.15) is 63.0 Å². The van der Waals surface area contributed by atoms with E-state index in [0.717, 1.165) is 51.9 Å². The third-order valence-electron chi connectivity index (χ3n) is 8.97. The van der Waals surface area contributed by atoms with Crippen LogP contribution >= 0.6 is 0 Å². The molecule has 0 bridgehead atoms.